The summed E-state index contributed by atoms with van der Waals surface area (Å²) in [6, 6.07) is 4.26. The van der Waals surface area contributed by atoms with Gasteiger partial charge in [0.1, 0.15) is 5.82 Å². The van der Waals surface area contributed by atoms with Gasteiger partial charge in [0.25, 0.3) is 0 Å². The normalized spacial score (nSPS) is 17.4. The van der Waals surface area contributed by atoms with Gasteiger partial charge in [0, 0.05) is 43.9 Å². The maximum absolute atomic E-state index is 4.49. The number of pyridine rings is 1. The van der Waals surface area contributed by atoms with Gasteiger partial charge in [0.2, 0.25) is 0 Å². The van der Waals surface area contributed by atoms with Crippen molar-refractivity contribution in [3.8, 4) is 0 Å². The second-order valence-corrected chi connectivity index (χ2v) is 7.29. The van der Waals surface area contributed by atoms with Crippen LogP contribution in [0.1, 0.15) is 26.3 Å². The SMILES string of the molecule is CC(C)(C)c1ccc(NCCN2CCSCC2)nc1. The van der Waals surface area contributed by atoms with E-state index in [1.165, 1.54) is 30.2 Å². The first-order chi connectivity index (χ1) is 9.05. The molecule has 0 amide bonds. The molecule has 19 heavy (non-hydrogen) atoms. The number of anilines is 1. The van der Waals surface area contributed by atoms with Crippen LogP contribution in [-0.2, 0) is 5.41 Å². The highest BCUT2D eigenvalue weighted by molar-refractivity contribution is 7.99. The van der Waals surface area contributed by atoms with Gasteiger partial charge in [-0.05, 0) is 17.0 Å². The monoisotopic (exact) mass is 279 g/mol. The van der Waals surface area contributed by atoms with Gasteiger partial charge in [0.15, 0.2) is 0 Å². The Morgan fingerprint density at radius 3 is 2.58 bits per heavy atom. The Hall–Kier alpha value is -0.740. The van der Waals surface area contributed by atoms with E-state index in [9.17, 15) is 0 Å². The van der Waals surface area contributed by atoms with Crippen molar-refractivity contribution in [3.63, 3.8) is 0 Å². The highest BCUT2D eigenvalue weighted by atomic mass is 32.2. The Balaban J connectivity index is 1.76. The van der Waals surface area contributed by atoms with Crippen LogP contribution in [-0.4, -0.2) is 47.6 Å². The second kappa shape index (κ2) is 6.62. The van der Waals surface area contributed by atoms with Crippen LogP contribution in [0.2, 0.25) is 0 Å². The standard InChI is InChI=1S/C15H25N3S/c1-15(2,3)13-4-5-14(17-12-13)16-6-7-18-8-10-19-11-9-18/h4-5,12H,6-11H2,1-3H3,(H,16,17). The molecule has 106 valence electrons. The van der Waals surface area contributed by atoms with Crippen molar-refractivity contribution in [3.05, 3.63) is 23.9 Å². The first kappa shape index (κ1) is 14.7. The zero-order chi connectivity index (χ0) is 13.7. The third-order valence-electron chi connectivity index (χ3n) is 3.47. The number of nitrogens with one attached hydrogen (secondary N) is 1. The summed E-state index contributed by atoms with van der Waals surface area (Å²) in [5.74, 6) is 3.54. The van der Waals surface area contributed by atoms with Gasteiger partial charge in [-0.1, -0.05) is 26.8 Å². The van der Waals surface area contributed by atoms with Crippen LogP contribution < -0.4 is 5.32 Å². The van der Waals surface area contributed by atoms with Crippen LogP contribution in [0.15, 0.2) is 18.3 Å². The molecule has 1 fully saturated rings. The third-order valence-corrected chi connectivity index (χ3v) is 4.41. The van der Waals surface area contributed by atoms with Crippen LogP contribution in [0.4, 0.5) is 5.82 Å². The van der Waals surface area contributed by atoms with Crippen molar-refractivity contribution < 1.29 is 0 Å². The first-order valence-electron chi connectivity index (χ1n) is 7.06. The fourth-order valence-corrected chi connectivity index (χ4v) is 3.09. The highest BCUT2D eigenvalue weighted by Crippen LogP contribution is 2.21. The molecule has 1 aliphatic heterocycles. The zero-order valence-corrected chi connectivity index (χ0v) is 13.1. The Bertz CT molecular complexity index is 377. The fraction of sp³-hybridized carbons (Fsp3) is 0.667. The lowest BCUT2D eigenvalue weighted by atomic mass is 9.88. The van der Waals surface area contributed by atoms with Gasteiger partial charge in [0.05, 0.1) is 0 Å². The molecule has 1 aliphatic rings. The molecule has 0 spiro atoms. The lowest BCUT2D eigenvalue weighted by Gasteiger charge is -2.26. The molecule has 3 nitrogen and oxygen atoms in total. The predicted molar refractivity (Wildman–Crippen MR) is 85.2 cm³/mol. The van der Waals surface area contributed by atoms with Gasteiger partial charge >= 0.3 is 0 Å². The second-order valence-electron chi connectivity index (χ2n) is 6.06. The van der Waals surface area contributed by atoms with E-state index >= 15 is 0 Å². The summed E-state index contributed by atoms with van der Waals surface area (Å²) in [5, 5.41) is 3.41. The molecule has 0 unspecified atom stereocenters. The van der Waals surface area contributed by atoms with E-state index in [0.29, 0.717) is 0 Å². The molecule has 4 heteroatoms. The minimum atomic E-state index is 0.178. The maximum Gasteiger partial charge on any atom is 0.125 e. The Kier molecular flexibility index (Phi) is 5.11. The summed E-state index contributed by atoms with van der Waals surface area (Å²) < 4.78 is 0. The molecule has 2 heterocycles. The van der Waals surface area contributed by atoms with E-state index in [4.69, 9.17) is 0 Å². The van der Waals surface area contributed by atoms with Crippen molar-refractivity contribution in [1.82, 2.24) is 9.88 Å². The molecule has 0 saturated carbocycles. The molecule has 1 N–H and O–H groups in total. The molecule has 1 aromatic heterocycles. The summed E-state index contributed by atoms with van der Waals surface area (Å²) in [6.45, 7) is 11.2. The molecule has 0 bridgehead atoms. The molecule has 0 radical (unpaired) electrons. The predicted octanol–water partition coefficient (Wildman–Crippen LogP) is 2.84. The lowest BCUT2D eigenvalue weighted by Crippen LogP contribution is -2.36. The van der Waals surface area contributed by atoms with Gasteiger partial charge in [-0.3, -0.25) is 4.90 Å². The molecule has 0 aromatic carbocycles. The van der Waals surface area contributed by atoms with Crippen molar-refractivity contribution in [2.24, 2.45) is 0 Å². The van der Waals surface area contributed by atoms with Gasteiger partial charge in [-0.15, -0.1) is 0 Å². The molecular weight excluding hydrogens is 254 g/mol. The summed E-state index contributed by atoms with van der Waals surface area (Å²) >= 11 is 2.06. The van der Waals surface area contributed by atoms with Crippen molar-refractivity contribution >= 4 is 17.6 Å². The molecule has 1 aromatic rings. The number of thioether (sulfide) groups is 1. The number of nitrogens with zero attached hydrogens (tertiary/aromatic N) is 2. The van der Waals surface area contributed by atoms with E-state index in [1.54, 1.807) is 0 Å². The minimum Gasteiger partial charge on any atom is -0.369 e. The van der Waals surface area contributed by atoms with Crippen LogP contribution in [0.5, 0.6) is 0 Å². The Labute approximate surface area is 121 Å². The number of hydrogen-bond acceptors (Lipinski definition) is 4. The maximum atomic E-state index is 4.49. The summed E-state index contributed by atoms with van der Waals surface area (Å²) in [7, 11) is 0. The van der Waals surface area contributed by atoms with E-state index in [-0.39, 0.29) is 5.41 Å². The lowest BCUT2D eigenvalue weighted by molar-refractivity contribution is 0.314. The van der Waals surface area contributed by atoms with Gasteiger partial charge in [-0.25, -0.2) is 4.98 Å². The van der Waals surface area contributed by atoms with Crippen LogP contribution in [0, 0.1) is 0 Å². The van der Waals surface area contributed by atoms with Gasteiger partial charge in [-0.2, -0.15) is 11.8 Å². The van der Waals surface area contributed by atoms with Crippen molar-refractivity contribution in [2.45, 2.75) is 26.2 Å². The van der Waals surface area contributed by atoms with Crippen LogP contribution in [0.3, 0.4) is 0 Å². The van der Waals surface area contributed by atoms with Crippen molar-refractivity contribution in [1.29, 1.82) is 0 Å². The molecule has 0 aliphatic carbocycles. The number of rotatable bonds is 4. The number of hydrogen-bond donors (Lipinski definition) is 1. The van der Waals surface area contributed by atoms with E-state index in [1.807, 2.05) is 6.20 Å². The summed E-state index contributed by atoms with van der Waals surface area (Å²) in [4.78, 5) is 7.01. The van der Waals surface area contributed by atoms with Gasteiger partial charge < -0.3 is 5.32 Å². The van der Waals surface area contributed by atoms with Crippen LogP contribution >= 0.6 is 11.8 Å². The Morgan fingerprint density at radius 2 is 2.00 bits per heavy atom. The molecular formula is C15H25N3S. The molecule has 2 rings (SSSR count). The molecule has 0 atom stereocenters. The smallest absolute Gasteiger partial charge is 0.125 e. The minimum absolute atomic E-state index is 0.178. The van der Waals surface area contributed by atoms with Crippen LogP contribution in [0.25, 0.3) is 0 Å². The first-order valence-corrected chi connectivity index (χ1v) is 8.22. The van der Waals surface area contributed by atoms with Crippen molar-refractivity contribution in [2.75, 3.05) is 43.0 Å². The van der Waals surface area contributed by atoms with E-state index in [0.717, 1.165) is 18.9 Å². The zero-order valence-electron chi connectivity index (χ0n) is 12.3. The fourth-order valence-electron chi connectivity index (χ4n) is 2.11. The quantitative estimate of drug-likeness (QED) is 0.917. The van der Waals surface area contributed by atoms with E-state index in [2.05, 4.69) is 59.9 Å². The third kappa shape index (κ3) is 4.69. The molecule has 1 saturated heterocycles. The Morgan fingerprint density at radius 1 is 1.26 bits per heavy atom. The highest BCUT2D eigenvalue weighted by Gasteiger charge is 2.13. The number of aromatic nitrogens is 1. The summed E-state index contributed by atoms with van der Waals surface area (Å²) in [5.41, 5.74) is 1.46. The van der Waals surface area contributed by atoms with E-state index < -0.39 is 0 Å². The topological polar surface area (TPSA) is 28.2 Å². The summed E-state index contributed by atoms with van der Waals surface area (Å²) in [6.07, 6.45) is 1.99. The largest absolute Gasteiger partial charge is 0.369 e. The average molecular weight is 279 g/mol. The average Bonchev–Trinajstić information content (AvgIpc) is 2.39.